The molecule has 0 radical (unpaired) electrons. The van der Waals surface area contributed by atoms with Crippen molar-refractivity contribution in [3.63, 3.8) is 0 Å². The van der Waals surface area contributed by atoms with E-state index >= 15 is 0 Å². The number of ether oxygens (including phenoxy) is 2. The predicted molar refractivity (Wildman–Crippen MR) is 156 cm³/mol. The summed E-state index contributed by atoms with van der Waals surface area (Å²) in [5, 5.41) is 11.3. The van der Waals surface area contributed by atoms with Crippen LogP contribution in [-0.2, 0) is 4.74 Å². The van der Waals surface area contributed by atoms with Crippen molar-refractivity contribution in [1.82, 2.24) is 9.80 Å². The van der Waals surface area contributed by atoms with Crippen molar-refractivity contribution in [3.8, 4) is 5.75 Å². The molecular formula is C32H39N3O5. The SMILES string of the molecule is CC.COC1C=CC(N2C(CCN(C)C(=O)c3c(C=O)cccc3OC3CCC3)=Nc3ccccc3C2O)=CC1. The number of methoxy groups -OCH3 is 1. The number of carbonyl (C=O) groups excluding carboxylic acids is 2. The molecule has 2 atom stereocenters. The van der Waals surface area contributed by atoms with Crippen LogP contribution < -0.4 is 4.74 Å². The van der Waals surface area contributed by atoms with E-state index in [-0.39, 0.29) is 23.7 Å². The first-order valence-electron chi connectivity index (χ1n) is 14.1. The van der Waals surface area contributed by atoms with Gasteiger partial charge in [0.05, 0.1) is 23.5 Å². The van der Waals surface area contributed by atoms with Gasteiger partial charge in [-0.1, -0.05) is 56.3 Å². The van der Waals surface area contributed by atoms with Gasteiger partial charge in [-0.25, -0.2) is 4.99 Å². The Morgan fingerprint density at radius 1 is 1.18 bits per heavy atom. The summed E-state index contributed by atoms with van der Waals surface area (Å²) in [7, 11) is 3.38. The molecule has 1 N–H and O–H groups in total. The summed E-state index contributed by atoms with van der Waals surface area (Å²) in [6.07, 6.45) is 9.87. The van der Waals surface area contributed by atoms with Crippen molar-refractivity contribution in [3.05, 3.63) is 83.1 Å². The molecular weight excluding hydrogens is 506 g/mol. The Balaban J connectivity index is 0.00000181. The number of aldehydes is 1. The lowest BCUT2D eigenvalue weighted by Gasteiger charge is -2.37. The number of fused-ring (bicyclic) bond motifs is 1. The maximum atomic E-state index is 13.6. The number of aliphatic hydroxyl groups excluding tert-OH is 1. The minimum atomic E-state index is -0.909. The van der Waals surface area contributed by atoms with Crippen LogP contribution in [0, 0.1) is 0 Å². The number of aliphatic hydroxyl groups is 1. The normalized spacial score (nSPS) is 19.8. The number of amides is 1. The van der Waals surface area contributed by atoms with Crippen LogP contribution in [0.5, 0.6) is 5.75 Å². The van der Waals surface area contributed by atoms with Crippen LogP contribution in [0.15, 0.2) is 71.4 Å². The van der Waals surface area contributed by atoms with E-state index in [2.05, 4.69) is 0 Å². The predicted octanol–water partition coefficient (Wildman–Crippen LogP) is 5.81. The van der Waals surface area contributed by atoms with Gasteiger partial charge in [-0.15, -0.1) is 0 Å². The van der Waals surface area contributed by atoms with E-state index in [0.29, 0.717) is 48.5 Å². The second-order valence-corrected chi connectivity index (χ2v) is 9.81. The molecule has 2 aliphatic carbocycles. The summed E-state index contributed by atoms with van der Waals surface area (Å²) in [4.78, 5) is 33.6. The number of rotatable bonds is 9. The van der Waals surface area contributed by atoms with Gasteiger partial charge in [0.2, 0.25) is 0 Å². The van der Waals surface area contributed by atoms with Crippen molar-refractivity contribution >= 4 is 23.7 Å². The first-order chi connectivity index (χ1) is 19.5. The molecule has 0 spiro atoms. The molecule has 212 valence electrons. The molecule has 0 saturated heterocycles. The maximum Gasteiger partial charge on any atom is 0.258 e. The van der Waals surface area contributed by atoms with Gasteiger partial charge in [0.15, 0.2) is 12.5 Å². The first kappa shape index (κ1) is 29.2. The van der Waals surface area contributed by atoms with Gasteiger partial charge < -0.3 is 19.5 Å². The smallest absolute Gasteiger partial charge is 0.258 e. The zero-order valence-electron chi connectivity index (χ0n) is 23.7. The number of hydrogen-bond acceptors (Lipinski definition) is 7. The lowest BCUT2D eigenvalue weighted by Crippen LogP contribution is -2.39. The lowest BCUT2D eigenvalue weighted by atomic mass is 9.96. The highest BCUT2D eigenvalue weighted by Crippen LogP contribution is 2.37. The number of nitrogens with zero attached hydrogens (tertiary/aromatic N) is 3. The molecule has 2 unspecified atom stereocenters. The molecule has 5 rings (SSSR count). The largest absolute Gasteiger partial charge is 0.490 e. The Morgan fingerprint density at radius 2 is 1.95 bits per heavy atom. The Kier molecular flexibility index (Phi) is 9.90. The van der Waals surface area contributed by atoms with E-state index in [1.165, 1.54) is 0 Å². The molecule has 0 bridgehead atoms. The third-order valence-electron chi connectivity index (χ3n) is 7.37. The molecule has 2 aromatic carbocycles. The fourth-order valence-electron chi connectivity index (χ4n) is 4.89. The fraction of sp³-hybridized carbons (Fsp3) is 0.406. The second-order valence-electron chi connectivity index (χ2n) is 9.81. The van der Waals surface area contributed by atoms with Gasteiger partial charge in [-0.05, 0) is 43.9 Å². The summed E-state index contributed by atoms with van der Waals surface area (Å²) < 4.78 is 11.5. The number of aliphatic imine (C=N–C) groups is 1. The quantitative estimate of drug-likeness (QED) is 0.400. The Hall–Kier alpha value is -3.75. The van der Waals surface area contributed by atoms with E-state index in [1.54, 1.807) is 37.3 Å². The van der Waals surface area contributed by atoms with Crippen molar-refractivity contribution in [2.24, 2.45) is 4.99 Å². The molecule has 40 heavy (non-hydrogen) atoms. The second kappa shape index (κ2) is 13.5. The maximum absolute atomic E-state index is 13.6. The zero-order chi connectivity index (χ0) is 28.6. The van der Waals surface area contributed by atoms with E-state index in [9.17, 15) is 14.7 Å². The van der Waals surface area contributed by atoms with Crippen LogP contribution in [0.4, 0.5) is 5.69 Å². The van der Waals surface area contributed by atoms with Crippen molar-refractivity contribution < 1.29 is 24.2 Å². The van der Waals surface area contributed by atoms with Crippen LogP contribution in [0.2, 0.25) is 0 Å². The highest BCUT2D eigenvalue weighted by atomic mass is 16.5. The summed E-state index contributed by atoms with van der Waals surface area (Å²) in [6, 6.07) is 12.6. The number of hydrogen-bond donors (Lipinski definition) is 1. The van der Waals surface area contributed by atoms with Crippen LogP contribution in [0.25, 0.3) is 0 Å². The fourth-order valence-corrected chi connectivity index (χ4v) is 4.89. The number of para-hydroxylation sites is 1. The number of benzene rings is 2. The molecule has 1 fully saturated rings. The van der Waals surface area contributed by atoms with Crippen molar-refractivity contribution in [2.75, 3.05) is 20.7 Å². The van der Waals surface area contributed by atoms with Gasteiger partial charge in [-0.2, -0.15) is 0 Å². The van der Waals surface area contributed by atoms with E-state index < -0.39 is 6.23 Å². The van der Waals surface area contributed by atoms with Gasteiger partial charge in [0, 0.05) is 43.9 Å². The molecule has 3 aliphatic rings. The minimum absolute atomic E-state index is 0.00801. The van der Waals surface area contributed by atoms with E-state index in [1.807, 2.05) is 61.2 Å². The van der Waals surface area contributed by atoms with Crippen LogP contribution >= 0.6 is 0 Å². The highest BCUT2D eigenvalue weighted by molar-refractivity contribution is 6.04. The van der Waals surface area contributed by atoms with E-state index in [4.69, 9.17) is 14.5 Å². The third kappa shape index (κ3) is 6.18. The average Bonchev–Trinajstić information content (AvgIpc) is 2.98. The molecule has 8 heteroatoms. The van der Waals surface area contributed by atoms with Crippen LogP contribution in [0.1, 0.15) is 78.5 Å². The van der Waals surface area contributed by atoms with Gasteiger partial charge in [0.1, 0.15) is 11.6 Å². The third-order valence-corrected chi connectivity index (χ3v) is 7.37. The lowest BCUT2D eigenvalue weighted by molar-refractivity contribution is 0.0696. The van der Waals surface area contributed by atoms with E-state index in [0.717, 1.165) is 30.5 Å². The topological polar surface area (TPSA) is 91.7 Å². The number of carbonyl (C=O) groups is 2. The molecule has 8 nitrogen and oxygen atoms in total. The van der Waals surface area contributed by atoms with Gasteiger partial charge in [0.25, 0.3) is 5.91 Å². The van der Waals surface area contributed by atoms with Crippen molar-refractivity contribution in [1.29, 1.82) is 0 Å². The Bertz CT molecular complexity index is 1300. The Labute approximate surface area is 236 Å². The molecule has 1 heterocycles. The number of amidine groups is 1. The Morgan fingerprint density at radius 3 is 2.60 bits per heavy atom. The summed E-state index contributed by atoms with van der Waals surface area (Å²) in [5.74, 6) is 0.810. The molecule has 1 amide bonds. The standard InChI is InChI=1S/C30H33N3O5.C2H6/c1-32(30(36)28-20(19-34)7-5-12-26(28)38-23-8-6-9-23)18-17-27-31-25-11-4-3-10-24(25)29(35)33(27)21-13-15-22(37-2)16-14-21;1-2/h3-5,7,10-15,19,22-23,29,35H,6,8-9,16-18H2,1-2H3;1-2H3. The molecule has 0 aromatic heterocycles. The molecule has 2 aromatic rings. The summed E-state index contributed by atoms with van der Waals surface area (Å²) in [6.45, 7) is 4.33. The van der Waals surface area contributed by atoms with Crippen LogP contribution in [0.3, 0.4) is 0 Å². The first-order valence-corrected chi connectivity index (χ1v) is 14.1. The summed E-state index contributed by atoms with van der Waals surface area (Å²) in [5.41, 5.74) is 2.85. The van der Waals surface area contributed by atoms with Crippen LogP contribution in [-0.4, -0.2) is 65.8 Å². The zero-order valence-corrected chi connectivity index (χ0v) is 23.7. The average molecular weight is 546 g/mol. The van der Waals surface area contributed by atoms with Gasteiger partial charge >= 0.3 is 0 Å². The minimum Gasteiger partial charge on any atom is -0.490 e. The van der Waals surface area contributed by atoms with Crippen molar-refractivity contribution in [2.45, 2.75) is 64.4 Å². The number of allylic oxidation sites excluding steroid dienone is 1. The monoisotopic (exact) mass is 545 g/mol. The highest BCUT2D eigenvalue weighted by Gasteiger charge is 2.32. The summed E-state index contributed by atoms with van der Waals surface area (Å²) >= 11 is 0. The molecule has 1 saturated carbocycles. The van der Waals surface area contributed by atoms with Gasteiger partial charge in [-0.3, -0.25) is 14.5 Å². The molecule has 1 aliphatic heterocycles.